The summed E-state index contributed by atoms with van der Waals surface area (Å²) < 4.78 is 26.9. The zero-order valence-electron chi connectivity index (χ0n) is 9.94. The molecular formula is C12H18N2O2S. The summed E-state index contributed by atoms with van der Waals surface area (Å²) in [6.07, 6.45) is 2.26. The van der Waals surface area contributed by atoms with Gasteiger partial charge in [0.15, 0.2) is 0 Å². The molecule has 0 unspecified atom stereocenters. The Hall–Kier alpha value is -0.910. The summed E-state index contributed by atoms with van der Waals surface area (Å²) in [7, 11) is -3.38. The van der Waals surface area contributed by atoms with E-state index in [1.165, 1.54) is 0 Å². The lowest BCUT2D eigenvalue weighted by Crippen LogP contribution is -2.26. The zero-order valence-corrected chi connectivity index (χ0v) is 10.8. The van der Waals surface area contributed by atoms with Gasteiger partial charge in [-0.05, 0) is 42.9 Å². The molecule has 0 radical (unpaired) electrons. The average molecular weight is 254 g/mol. The summed E-state index contributed by atoms with van der Waals surface area (Å²) in [5.41, 5.74) is 7.20. The molecule has 5 heteroatoms. The standard InChI is InChI=1S/C12H18N2O2S/c1-9-11(7-13)3-2-4-12(9)17(15,16)14-8-10-5-6-10/h2-4,10,14H,5-8,13H2,1H3. The molecule has 0 bridgehead atoms. The van der Waals surface area contributed by atoms with Crippen molar-refractivity contribution in [1.82, 2.24) is 4.72 Å². The first-order valence-corrected chi connectivity index (χ1v) is 7.31. The number of benzene rings is 1. The van der Waals surface area contributed by atoms with E-state index >= 15 is 0 Å². The minimum Gasteiger partial charge on any atom is -0.326 e. The lowest BCUT2D eigenvalue weighted by atomic mass is 10.1. The predicted molar refractivity (Wildman–Crippen MR) is 67.0 cm³/mol. The van der Waals surface area contributed by atoms with Crippen molar-refractivity contribution in [2.24, 2.45) is 11.7 Å². The minimum atomic E-state index is -3.38. The third-order valence-corrected chi connectivity index (χ3v) is 4.73. The fourth-order valence-corrected chi connectivity index (χ4v) is 3.20. The molecule has 0 spiro atoms. The van der Waals surface area contributed by atoms with Gasteiger partial charge in [0.05, 0.1) is 4.90 Å². The molecule has 0 aromatic heterocycles. The maximum atomic E-state index is 12.1. The van der Waals surface area contributed by atoms with Crippen LogP contribution in [0, 0.1) is 12.8 Å². The molecular weight excluding hydrogens is 236 g/mol. The van der Waals surface area contributed by atoms with E-state index in [2.05, 4.69) is 4.72 Å². The molecule has 0 atom stereocenters. The highest BCUT2D eigenvalue weighted by atomic mass is 32.2. The molecule has 17 heavy (non-hydrogen) atoms. The molecule has 1 fully saturated rings. The van der Waals surface area contributed by atoms with Crippen molar-refractivity contribution >= 4 is 10.0 Å². The van der Waals surface area contributed by atoms with Gasteiger partial charge in [-0.15, -0.1) is 0 Å². The molecule has 0 saturated heterocycles. The first kappa shape index (κ1) is 12.5. The van der Waals surface area contributed by atoms with Crippen molar-refractivity contribution < 1.29 is 8.42 Å². The smallest absolute Gasteiger partial charge is 0.240 e. The first-order chi connectivity index (χ1) is 8.04. The van der Waals surface area contributed by atoms with E-state index in [1.54, 1.807) is 19.1 Å². The zero-order chi connectivity index (χ0) is 12.5. The molecule has 1 aliphatic carbocycles. The fraction of sp³-hybridized carbons (Fsp3) is 0.500. The van der Waals surface area contributed by atoms with Crippen LogP contribution in [0.1, 0.15) is 24.0 Å². The molecule has 1 aromatic rings. The van der Waals surface area contributed by atoms with Gasteiger partial charge in [-0.2, -0.15) is 0 Å². The van der Waals surface area contributed by atoms with Crippen molar-refractivity contribution in [2.75, 3.05) is 6.54 Å². The van der Waals surface area contributed by atoms with E-state index in [0.29, 0.717) is 23.9 Å². The second-order valence-corrected chi connectivity index (χ2v) is 6.28. The monoisotopic (exact) mass is 254 g/mol. The number of hydrogen-bond donors (Lipinski definition) is 2. The number of nitrogens with two attached hydrogens (primary N) is 1. The SMILES string of the molecule is Cc1c(CN)cccc1S(=O)(=O)NCC1CC1. The normalized spacial score (nSPS) is 16.1. The van der Waals surface area contributed by atoms with Gasteiger partial charge in [0.25, 0.3) is 0 Å². The van der Waals surface area contributed by atoms with E-state index in [1.807, 2.05) is 6.07 Å². The average Bonchev–Trinajstić information content (AvgIpc) is 3.10. The summed E-state index contributed by atoms with van der Waals surface area (Å²) in [6, 6.07) is 5.22. The Morgan fingerprint density at radius 1 is 1.41 bits per heavy atom. The summed E-state index contributed by atoms with van der Waals surface area (Å²) in [4.78, 5) is 0.348. The topological polar surface area (TPSA) is 72.2 Å². The highest BCUT2D eigenvalue weighted by Crippen LogP contribution is 2.28. The van der Waals surface area contributed by atoms with Crippen LogP contribution < -0.4 is 10.5 Å². The Kier molecular flexibility index (Phi) is 3.51. The van der Waals surface area contributed by atoms with Crippen molar-refractivity contribution in [2.45, 2.75) is 31.2 Å². The highest BCUT2D eigenvalue weighted by molar-refractivity contribution is 7.89. The van der Waals surface area contributed by atoms with Gasteiger partial charge in [0.2, 0.25) is 10.0 Å². The Labute approximate surface area is 102 Å². The summed E-state index contributed by atoms with van der Waals surface area (Å²) >= 11 is 0. The van der Waals surface area contributed by atoms with Crippen molar-refractivity contribution in [3.63, 3.8) is 0 Å². The summed E-state index contributed by atoms with van der Waals surface area (Å²) in [5, 5.41) is 0. The Morgan fingerprint density at radius 2 is 2.12 bits per heavy atom. The van der Waals surface area contributed by atoms with E-state index in [-0.39, 0.29) is 0 Å². The van der Waals surface area contributed by atoms with Crippen molar-refractivity contribution in [3.05, 3.63) is 29.3 Å². The minimum absolute atomic E-state index is 0.348. The Balaban J connectivity index is 2.24. The first-order valence-electron chi connectivity index (χ1n) is 5.83. The van der Waals surface area contributed by atoms with Crippen molar-refractivity contribution in [1.29, 1.82) is 0 Å². The van der Waals surface area contributed by atoms with Gasteiger partial charge in [0.1, 0.15) is 0 Å². The molecule has 4 nitrogen and oxygen atoms in total. The van der Waals surface area contributed by atoms with E-state index in [9.17, 15) is 8.42 Å². The van der Waals surface area contributed by atoms with Crippen LogP contribution >= 0.6 is 0 Å². The maximum absolute atomic E-state index is 12.1. The maximum Gasteiger partial charge on any atom is 0.240 e. The van der Waals surface area contributed by atoms with E-state index in [4.69, 9.17) is 5.73 Å². The van der Waals surface area contributed by atoms with Gasteiger partial charge in [-0.3, -0.25) is 0 Å². The quantitative estimate of drug-likeness (QED) is 0.827. The second kappa shape index (κ2) is 4.76. The van der Waals surface area contributed by atoms with Crippen LogP contribution in [0.2, 0.25) is 0 Å². The molecule has 1 saturated carbocycles. The molecule has 1 aliphatic rings. The van der Waals surface area contributed by atoms with Crippen LogP contribution in [-0.2, 0) is 16.6 Å². The van der Waals surface area contributed by atoms with Crippen LogP contribution in [0.15, 0.2) is 23.1 Å². The molecule has 0 heterocycles. The van der Waals surface area contributed by atoms with Crippen LogP contribution in [0.5, 0.6) is 0 Å². The molecule has 2 rings (SSSR count). The van der Waals surface area contributed by atoms with Crippen LogP contribution in [0.3, 0.4) is 0 Å². The molecule has 0 amide bonds. The third-order valence-electron chi connectivity index (χ3n) is 3.16. The van der Waals surface area contributed by atoms with E-state index < -0.39 is 10.0 Å². The van der Waals surface area contributed by atoms with Gasteiger partial charge in [0, 0.05) is 13.1 Å². The summed E-state index contributed by atoms with van der Waals surface area (Å²) in [6.45, 7) is 2.71. The van der Waals surface area contributed by atoms with E-state index in [0.717, 1.165) is 24.0 Å². The van der Waals surface area contributed by atoms with Crippen LogP contribution in [-0.4, -0.2) is 15.0 Å². The molecule has 0 aliphatic heterocycles. The number of hydrogen-bond acceptors (Lipinski definition) is 3. The highest BCUT2D eigenvalue weighted by Gasteiger charge is 2.25. The number of sulfonamides is 1. The summed E-state index contributed by atoms with van der Waals surface area (Å²) in [5.74, 6) is 0.530. The molecule has 3 N–H and O–H groups in total. The van der Waals surface area contributed by atoms with Gasteiger partial charge >= 0.3 is 0 Å². The lowest BCUT2D eigenvalue weighted by molar-refractivity contribution is 0.576. The van der Waals surface area contributed by atoms with Crippen LogP contribution in [0.4, 0.5) is 0 Å². The van der Waals surface area contributed by atoms with Gasteiger partial charge < -0.3 is 5.73 Å². The van der Waals surface area contributed by atoms with Crippen LogP contribution in [0.25, 0.3) is 0 Å². The Bertz CT molecular complexity index is 507. The van der Waals surface area contributed by atoms with Crippen molar-refractivity contribution in [3.8, 4) is 0 Å². The molecule has 94 valence electrons. The fourth-order valence-electron chi connectivity index (χ4n) is 1.80. The molecule has 1 aromatic carbocycles. The largest absolute Gasteiger partial charge is 0.326 e. The predicted octanol–water partition coefficient (Wildman–Crippen LogP) is 1.14. The number of rotatable bonds is 5. The second-order valence-electron chi connectivity index (χ2n) is 4.54. The third kappa shape index (κ3) is 2.86. The van der Waals surface area contributed by atoms with Gasteiger partial charge in [-0.1, -0.05) is 12.1 Å². The Morgan fingerprint density at radius 3 is 2.71 bits per heavy atom. The lowest BCUT2D eigenvalue weighted by Gasteiger charge is -2.11. The van der Waals surface area contributed by atoms with Gasteiger partial charge in [-0.25, -0.2) is 13.1 Å². The number of nitrogens with one attached hydrogen (secondary N) is 1.